The first-order valence-electron chi connectivity index (χ1n) is 7.36. The van der Waals surface area contributed by atoms with Crippen molar-refractivity contribution in [3.8, 4) is 0 Å². The van der Waals surface area contributed by atoms with Gasteiger partial charge in [0.2, 0.25) is 0 Å². The molecule has 0 aromatic heterocycles. The van der Waals surface area contributed by atoms with Gasteiger partial charge in [0.05, 0.1) is 21.7 Å². The van der Waals surface area contributed by atoms with Gasteiger partial charge in [-0.15, -0.1) is 0 Å². The minimum Gasteiger partial charge on any atom is -0.385 e. The lowest BCUT2D eigenvalue weighted by Crippen LogP contribution is -2.50. The maximum atomic E-state index is 13.6. The number of alkyl halides is 3. The average molecular weight is 352 g/mol. The van der Waals surface area contributed by atoms with Gasteiger partial charge in [-0.05, 0) is 49.4 Å². The number of sulfone groups is 1. The molecule has 2 aliphatic rings. The number of benzene rings is 1. The molecule has 2 aliphatic heterocycles. The number of hydrogen-bond acceptors (Lipinski definition) is 3. The van der Waals surface area contributed by atoms with E-state index in [1.54, 1.807) is 0 Å². The van der Waals surface area contributed by atoms with E-state index in [1.165, 1.54) is 0 Å². The molecule has 23 heavy (non-hydrogen) atoms. The Bertz CT molecular complexity index is 707. The van der Waals surface area contributed by atoms with Crippen molar-refractivity contribution in [3.05, 3.63) is 35.1 Å². The largest absolute Gasteiger partial charge is 0.416 e. The summed E-state index contributed by atoms with van der Waals surface area (Å²) < 4.78 is 76.6. The molecule has 2 bridgehead atoms. The Morgan fingerprint density at radius 2 is 1.65 bits per heavy atom. The predicted octanol–water partition coefficient (Wildman–Crippen LogP) is 3.16. The van der Waals surface area contributed by atoms with Crippen molar-refractivity contribution >= 4 is 9.84 Å². The van der Waals surface area contributed by atoms with Crippen LogP contribution in [0.4, 0.5) is 17.6 Å². The van der Waals surface area contributed by atoms with Crippen molar-refractivity contribution in [1.29, 1.82) is 0 Å². The number of hydrogen-bond donors (Lipinski definition) is 1. The first-order valence-corrected chi connectivity index (χ1v) is 8.97. The Labute approximate surface area is 131 Å². The van der Waals surface area contributed by atoms with Gasteiger partial charge in [0.15, 0.2) is 9.84 Å². The molecule has 0 amide bonds. The quantitative estimate of drug-likeness (QED) is 0.790. The first-order chi connectivity index (χ1) is 10.5. The summed E-state index contributed by atoms with van der Waals surface area (Å²) in [6.45, 7) is 0. The van der Waals surface area contributed by atoms with E-state index in [1.807, 2.05) is 0 Å². The highest BCUT2D eigenvalue weighted by Crippen LogP contribution is 2.47. The van der Waals surface area contributed by atoms with Crippen LogP contribution in [0.2, 0.25) is 0 Å². The van der Waals surface area contributed by atoms with Crippen LogP contribution in [0.15, 0.2) is 18.2 Å². The van der Waals surface area contributed by atoms with E-state index in [2.05, 4.69) is 0 Å². The van der Waals surface area contributed by atoms with E-state index in [4.69, 9.17) is 0 Å². The zero-order valence-electron chi connectivity index (χ0n) is 12.1. The van der Waals surface area contributed by atoms with Crippen LogP contribution >= 0.6 is 0 Å². The van der Waals surface area contributed by atoms with E-state index < -0.39 is 43.5 Å². The normalized spacial score (nSPS) is 33.4. The van der Waals surface area contributed by atoms with Gasteiger partial charge >= 0.3 is 6.18 Å². The van der Waals surface area contributed by atoms with Crippen molar-refractivity contribution in [2.24, 2.45) is 0 Å². The summed E-state index contributed by atoms with van der Waals surface area (Å²) in [5.41, 5.74) is -3.13. The third-order valence-electron chi connectivity index (χ3n) is 4.87. The van der Waals surface area contributed by atoms with Crippen LogP contribution in [-0.4, -0.2) is 24.0 Å². The van der Waals surface area contributed by atoms with Crippen molar-refractivity contribution in [2.75, 3.05) is 0 Å². The lowest BCUT2D eigenvalue weighted by molar-refractivity contribution is -0.138. The lowest BCUT2D eigenvalue weighted by atomic mass is 9.80. The Hall–Kier alpha value is -1.15. The van der Waals surface area contributed by atoms with Crippen molar-refractivity contribution in [3.63, 3.8) is 0 Å². The fourth-order valence-electron chi connectivity index (χ4n) is 3.70. The van der Waals surface area contributed by atoms with Gasteiger partial charge in [-0.2, -0.15) is 13.2 Å². The van der Waals surface area contributed by atoms with Crippen LogP contribution in [-0.2, 0) is 21.6 Å². The van der Waals surface area contributed by atoms with E-state index in [0.29, 0.717) is 25.3 Å². The Morgan fingerprint density at radius 1 is 1.09 bits per heavy atom. The molecule has 1 aromatic rings. The summed E-state index contributed by atoms with van der Waals surface area (Å²) >= 11 is 0. The molecule has 2 atom stereocenters. The summed E-state index contributed by atoms with van der Waals surface area (Å²) in [4.78, 5) is 0. The van der Waals surface area contributed by atoms with Crippen LogP contribution in [0.5, 0.6) is 0 Å². The minimum absolute atomic E-state index is 0.188. The fraction of sp³-hybridized carbons (Fsp3) is 0.600. The van der Waals surface area contributed by atoms with Crippen molar-refractivity contribution < 1.29 is 31.1 Å². The maximum absolute atomic E-state index is 13.6. The molecule has 2 fully saturated rings. The van der Waals surface area contributed by atoms with Crippen molar-refractivity contribution in [2.45, 2.75) is 54.4 Å². The zero-order valence-corrected chi connectivity index (χ0v) is 12.9. The minimum atomic E-state index is -4.73. The second-order valence-electron chi connectivity index (χ2n) is 6.43. The molecule has 1 N–H and O–H groups in total. The van der Waals surface area contributed by atoms with Crippen molar-refractivity contribution in [1.82, 2.24) is 0 Å². The number of halogens is 4. The molecule has 128 valence electrons. The zero-order chi connectivity index (χ0) is 17.0. The Morgan fingerprint density at radius 3 is 2.17 bits per heavy atom. The van der Waals surface area contributed by atoms with Gasteiger partial charge in [-0.1, -0.05) is 6.42 Å². The topological polar surface area (TPSA) is 54.4 Å². The molecule has 0 spiro atoms. The second-order valence-corrected chi connectivity index (χ2v) is 8.94. The molecule has 3 nitrogen and oxygen atoms in total. The number of aliphatic hydroxyl groups is 1. The summed E-state index contributed by atoms with van der Waals surface area (Å²) in [6.07, 6.45) is -3.64. The molecule has 0 aliphatic carbocycles. The third kappa shape index (κ3) is 2.87. The molecular weight excluding hydrogens is 336 g/mol. The van der Waals surface area contributed by atoms with Crippen LogP contribution < -0.4 is 0 Å². The maximum Gasteiger partial charge on any atom is 0.416 e. The van der Waals surface area contributed by atoms with Gasteiger partial charge in [0, 0.05) is 0 Å². The average Bonchev–Trinajstić information content (AvgIpc) is 2.39. The molecule has 1 aromatic carbocycles. The Balaban J connectivity index is 2.03. The lowest BCUT2D eigenvalue weighted by Gasteiger charge is -2.44. The summed E-state index contributed by atoms with van der Waals surface area (Å²) in [5.74, 6) is -1.10. The smallest absolute Gasteiger partial charge is 0.385 e. The molecule has 2 unspecified atom stereocenters. The summed E-state index contributed by atoms with van der Waals surface area (Å²) in [5, 5.41) is 9.24. The van der Waals surface area contributed by atoms with Gasteiger partial charge in [-0.25, -0.2) is 12.8 Å². The summed E-state index contributed by atoms with van der Waals surface area (Å²) in [7, 11) is -3.37. The fourth-order valence-corrected chi connectivity index (χ4v) is 6.26. The molecule has 0 saturated carbocycles. The predicted molar refractivity (Wildman–Crippen MR) is 74.9 cm³/mol. The SMILES string of the molecule is O=S1(=O)C2CCCC1CC(O)(c1cc(F)cc(C(F)(F)F)c1)C2. The number of rotatable bonds is 1. The molecular formula is C15H16F4O3S. The highest BCUT2D eigenvalue weighted by atomic mass is 32.2. The van der Waals surface area contributed by atoms with Gasteiger partial charge in [0.1, 0.15) is 5.82 Å². The van der Waals surface area contributed by atoms with Gasteiger partial charge in [0.25, 0.3) is 0 Å². The van der Waals surface area contributed by atoms with E-state index in [0.717, 1.165) is 12.1 Å². The first kappa shape index (κ1) is 16.7. The number of fused-ring (bicyclic) bond motifs is 2. The standard InChI is InChI=1S/C15H16F4O3S/c16-11-5-9(4-10(6-11)15(17,18)19)14(20)7-12-2-1-3-13(8-14)23(12,21)22/h4-6,12-13,20H,1-3,7-8H2. The summed E-state index contributed by atoms with van der Waals surface area (Å²) in [6, 6.07) is 1.95. The van der Waals surface area contributed by atoms with Crippen LogP contribution in [0.25, 0.3) is 0 Å². The third-order valence-corrected chi connectivity index (χ3v) is 7.54. The molecule has 2 saturated heterocycles. The van der Waals surface area contributed by atoms with Gasteiger partial charge < -0.3 is 5.11 Å². The molecule has 2 heterocycles. The van der Waals surface area contributed by atoms with Crippen LogP contribution in [0.1, 0.15) is 43.2 Å². The second kappa shape index (κ2) is 5.17. The molecule has 0 radical (unpaired) electrons. The van der Waals surface area contributed by atoms with Crippen LogP contribution in [0, 0.1) is 5.82 Å². The van der Waals surface area contributed by atoms with E-state index in [-0.39, 0.29) is 18.4 Å². The molecule has 3 rings (SSSR count). The highest BCUT2D eigenvalue weighted by molar-refractivity contribution is 7.92. The van der Waals surface area contributed by atoms with Gasteiger partial charge in [-0.3, -0.25) is 0 Å². The van der Waals surface area contributed by atoms with E-state index in [9.17, 15) is 31.1 Å². The molecule has 8 heteroatoms. The van der Waals surface area contributed by atoms with E-state index >= 15 is 0 Å². The van der Waals surface area contributed by atoms with Crippen LogP contribution in [0.3, 0.4) is 0 Å². The highest BCUT2D eigenvalue weighted by Gasteiger charge is 2.51. The monoisotopic (exact) mass is 352 g/mol. The Kier molecular flexibility index (Phi) is 3.76.